The number of rotatable bonds is 12. The van der Waals surface area contributed by atoms with E-state index in [9.17, 15) is 59.8 Å². The van der Waals surface area contributed by atoms with Gasteiger partial charge in [-0.05, 0) is 81.3 Å². The average molecular weight is 1340 g/mol. The molecule has 12 rings (SSSR count). The third kappa shape index (κ3) is 15.1. The molecule has 6 aromatic rings. The SMILES string of the molecule is C#CCC1CCN(C(=O)Oc2cccc([N+](=O)[O-])c2)CC1.Nc1nc(C#CCC2CCN(C(=O)Oc3cccc([N+](=O)[O-])c3)CC2)nc2c1ncn2[C@@H]1O[C@H](C(=O)NC2CC2)[C@H](O)C1O.Nc1nc(I)nc2c1ncn2[C@@H]1O[C@H](C(=O)NC2CC2)[C@H](O)C1O. The molecule has 6 fully saturated rings. The van der Waals surface area contributed by atoms with Crippen LogP contribution in [-0.2, 0) is 19.1 Å². The molecule has 33 heteroatoms. The molecule has 2 aromatic carbocycles. The number of non-ortho nitro benzene ring substituents is 2. The molecule has 0 spiro atoms. The molecule has 2 aliphatic carbocycles. The largest absolute Gasteiger partial charge is 0.415 e. The summed E-state index contributed by atoms with van der Waals surface area (Å²) in [5.74, 6) is 9.08. The zero-order valence-electron chi connectivity index (χ0n) is 47.3. The Morgan fingerprint density at radius 2 is 1.09 bits per heavy atom. The zero-order chi connectivity index (χ0) is 63.2. The molecule has 8 atom stereocenters. The summed E-state index contributed by atoms with van der Waals surface area (Å²) in [7, 11) is 0. The highest BCUT2D eigenvalue weighted by Crippen LogP contribution is 2.36. The molecular formula is C56H61IN16O16. The van der Waals surface area contributed by atoms with E-state index in [0.29, 0.717) is 66.4 Å². The molecule has 468 valence electrons. The van der Waals surface area contributed by atoms with Gasteiger partial charge in [0.25, 0.3) is 23.2 Å². The second-order valence-corrected chi connectivity index (χ2v) is 22.9. The summed E-state index contributed by atoms with van der Waals surface area (Å²) < 4.78 is 25.1. The van der Waals surface area contributed by atoms with E-state index in [0.717, 1.165) is 44.9 Å². The van der Waals surface area contributed by atoms with Crippen molar-refractivity contribution in [3.8, 4) is 35.7 Å². The van der Waals surface area contributed by atoms with Crippen molar-refractivity contribution in [2.75, 3.05) is 37.6 Å². The molecule has 10 N–H and O–H groups in total. The minimum Gasteiger partial charge on any atom is -0.410 e. The van der Waals surface area contributed by atoms with E-state index >= 15 is 0 Å². The Morgan fingerprint density at radius 1 is 0.652 bits per heavy atom. The number of halogens is 1. The van der Waals surface area contributed by atoms with Crippen LogP contribution in [0.15, 0.2) is 61.2 Å². The Kier molecular flexibility index (Phi) is 19.6. The number of likely N-dealkylation sites (tertiary alicyclic amines) is 2. The van der Waals surface area contributed by atoms with Crippen molar-refractivity contribution < 1.29 is 68.4 Å². The van der Waals surface area contributed by atoms with Crippen LogP contribution in [-0.4, -0.2) is 178 Å². The van der Waals surface area contributed by atoms with Crippen LogP contribution in [0.2, 0.25) is 0 Å². The molecular weight excluding hydrogens is 1280 g/mol. The molecule has 2 saturated carbocycles. The Morgan fingerprint density at radius 3 is 1.53 bits per heavy atom. The number of aromatic nitrogens is 8. The number of nitrogens with zero attached hydrogens (tertiary/aromatic N) is 12. The number of benzene rings is 2. The summed E-state index contributed by atoms with van der Waals surface area (Å²) in [5, 5.41) is 68.8. The molecule has 4 aromatic heterocycles. The minimum absolute atomic E-state index is 0.0640. The van der Waals surface area contributed by atoms with Crippen molar-refractivity contribution in [1.82, 2.24) is 59.5 Å². The fourth-order valence-corrected chi connectivity index (χ4v) is 10.7. The van der Waals surface area contributed by atoms with Gasteiger partial charge in [-0.15, -0.1) is 12.3 Å². The summed E-state index contributed by atoms with van der Waals surface area (Å²) in [4.78, 5) is 98.2. The van der Waals surface area contributed by atoms with E-state index in [4.69, 9.17) is 36.8 Å². The van der Waals surface area contributed by atoms with Gasteiger partial charge >= 0.3 is 12.2 Å². The van der Waals surface area contributed by atoms with Gasteiger partial charge in [-0.3, -0.25) is 39.0 Å². The quantitative estimate of drug-likeness (QED) is 0.0287. The van der Waals surface area contributed by atoms with Gasteiger partial charge in [0.15, 0.2) is 51.4 Å². The summed E-state index contributed by atoms with van der Waals surface area (Å²) in [5.41, 5.74) is 12.9. The number of amides is 4. The smallest absolute Gasteiger partial charge is 0.410 e. The van der Waals surface area contributed by atoms with E-state index in [1.807, 2.05) is 22.6 Å². The normalized spacial score (nSPS) is 23.4. The van der Waals surface area contributed by atoms with Gasteiger partial charge in [0, 0.05) is 85.8 Å². The maximum absolute atomic E-state index is 12.5. The molecule has 8 heterocycles. The van der Waals surface area contributed by atoms with Gasteiger partial charge in [-0.2, -0.15) is 0 Å². The lowest BCUT2D eigenvalue weighted by molar-refractivity contribution is -0.385. The van der Waals surface area contributed by atoms with Crippen LogP contribution in [0.25, 0.3) is 22.3 Å². The van der Waals surface area contributed by atoms with Gasteiger partial charge in [0.05, 0.1) is 34.6 Å². The summed E-state index contributed by atoms with van der Waals surface area (Å²) >= 11 is 1.91. The fourth-order valence-electron chi connectivity index (χ4n) is 10.2. The standard InChI is InChI=1S/C28H30N8O8.C15H16N2O4.C13H15IN6O4/c29-24-20-25(35(14-30-20)27-22(38)21(37)23(44-27)26(39)31-16-7-8-16)33-19(32-24)6-1-3-15-9-11-34(12-10-15)28(40)43-18-5-2-4-17(13-18)36(41)42;1-2-4-12-7-9-16(10-8-12)15(18)21-14-6-3-5-13(11-14)17(19)20;14-13-18-9(15)5-10(19-13)20(3-16-5)12-7(22)6(21)8(24-12)11(23)17-4-1-2-4/h2,4-5,13-16,21-23,27,37-38H,3,7-12H2,(H,31,39)(H2,29,32,33);1,3,5-6,11-12H,4,7-10H2;3-4,6-8,12,21-22H,1-2H2,(H,17,23)(H2,15,18,19)/t21-,22?,23+,27-;;6-,7?,8+,12-/m1.1/s1. The number of nitrogen functional groups attached to an aromatic ring is 2. The van der Waals surface area contributed by atoms with Gasteiger partial charge in [-0.1, -0.05) is 18.1 Å². The molecule has 4 aliphatic heterocycles. The number of nitro benzene ring substituents is 2. The molecule has 32 nitrogen and oxygen atoms in total. The number of aliphatic hydroxyl groups is 4. The van der Waals surface area contributed by atoms with E-state index in [1.54, 1.807) is 9.80 Å². The van der Waals surface area contributed by atoms with E-state index < -0.39 is 82.9 Å². The number of imidazole rings is 2. The average Bonchev–Trinajstić information content (AvgIpc) is 1.70. The second kappa shape index (κ2) is 27.6. The van der Waals surface area contributed by atoms with Crippen molar-refractivity contribution in [3.05, 3.63) is 91.1 Å². The lowest BCUT2D eigenvalue weighted by atomic mass is 9.94. The second-order valence-electron chi connectivity index (χ2n) is 21.9. The molecule has 2 unspecified atom stereocenters. The summed E-state index contributed by atoms with van der Waals surface area (Å²) in [6.07, 6.45) is 4.85. The van der Waals surface area contributed by atoms with E-state index in [1.165, 1.54) is 70.3 Å². The Hall–Kier alpha value is -8.97. The first-order valence-electron chi connectivity index (χ1n) is 28.4. The Bertz CT molecular complexity index is 3760. The number of anilines is 2. The Balaban J connectivity index is 0.000000163. The number of carbonyl (C=O) groups excluding carboxylic acids is 4. The predicted octanol–water partition coefficient (Wildman–Crippen LogP) is 2.61. The first-order valence-corrected chi connectivity index (χ1v) is 29.5. The molecule has 6 aliphatic rings. The fraction of sp³-hybridized carbons (Fsp3) is 0.464. The topological polar surface area (TPSA) is 442 Å². The van der Waals surface area contributed by atoms with Gasteiger partial charge in [0.2, 0.25) is 5.82 Å². The Labute approximate surface area is 519 Å². The first kappa shape index (κ1) is 63.1. The zero-order valence-corrected chi connectivity index (χ0v) is 49.4. The number of nitro groups is 2. The van der Waals surface area contributed by atoms with Crippen molar-refractivity contribution >= 4 is 91.9 Å². The lowest BCUT2D eigenvalue weighted by Crippen LogP contribution is -2.43. The van der Waals surface area contributed by atoms with Crippen LogP contribution in [0, 0.1) is 60.1 Å². The molecule has 0 bridgehead atoms. The van der Waals surface area contributed by atoms with Crippen LogP contribution in [0.4, 0.5) is 32.6 Å². The predicted molar refractivity (Wildman–Crippen MR) is 318 cm³/mol. The van der Waals surface area contributed by atoms with Crippen molar-refractivity contribution in [1.29, 1.82) is 0 Å². The van der Waals surface area contributed by atoms with Gasteiger partial charge in [-0.25, -0.2) is 39.5 Å². The van der Waals surface area contributed by atoms with Crippen molar-refractivity contribution in [2.45, 2.75) is 125 Å². The molecule has 4 amide bonds. The van der Waals surface area contributed by atoms with E-state index in [-0.39, 0.29) is 69.5 Å². The molecule has 89 heavy (non-hydrogen) atoms. The monoisotopic (exact) mass is 1340 g/mol. The highest BCUT2D eigenvalue weighted by atomic mass is 127. The maximum atomic E-state index is 12.5. The van der Waals surface area contributed by atoms with Gasteiger partial charge in [0.1, 0.15) is 46.9 Å². The lowest BCUT2D eigenvalue weighted by Gasteiger charge is -2.30. The van der Waals surface area contributed by atoms with Crippen LogP contribution in [0.3, 0.4) is 0 Å². The number of aliphatic hydroxyl groups excluding tert-OH is 4. The van der Waals surface area contributed by atoms with Gasteiger partial charge < -0.3 is 71.3 Å². The minimum atomic E-state index is -1.44. The number of hydrogen-bond acceptors (Lipinski definition) is 24. The summed E-state index contributed by atoms with van der Waals surface area (Å²) in [6.45, 7) is 2.09. The van der Waals surface area contributed by atoms with Crippen LogP contribution in [0.5, 0.6) is 11.5 Å². The number of nitrogens with one attached hydrogen (secondary N) is 2. The highest BCUT2D eigenvalue weighted by molar-refractivity contribution is 14.1. The van der Waals surface area contributed by atoms with Crippen LogP contribution >= 0.6 is 22.6 Å². The highest BCUT2D eigenvalue weighted by Gasteiger charge is 2.50. The van der Waals surface area contributed by atoms with Crippen molar-refractivity contribution in [2.24, 2.45) is 11.8 Å². The number of fused-ring (bicyclic) bond motifs is 2. The number of terminal acetylenes is 1. The van der Waals surface area contributed by atoms with E-state index in [2.05, 4.69) is 58.3 Å². The van der Waals surface area contributed by atoms with Crippen LogP contribution in [0.1, 0.15) is 82.5 Å². The maximum Gasteiger partial charge on any atom is 0.415 e. The number of hydrogen-bond donors (Lipinski definition) is 8. The first-order chi connectivity index (χ1) is 42.7. The third-order valence-corrected chi connectivity index (χ3v) is 16.0. The molecule has 0 radical (unpaired) electrons. The van der Waals surface area contributed by atoms with Crippen molar-refractivity contribution in [3.63, 3.8) is 0 Å². The molecule has 4 saturated heterocycles. The number of ether oxygens (including phenoxy) is 4. The van der Waals surface area contributed by atoms with Crippen LogP contribution < -0.4 is 31.6 Å². The summed E-state index contributed by atoms with van der Waals surface area (Å²) in [6, 6.07) is 11.3. The number of carbonyl (C=O) groups is 4. The number of piperidine rings is 2. The number of nitrogens with two attached hydrogens (primary N) is 2. The third-order valence-electron chi connectivity index (χ3n) is 15.5.